The minimum absolute atomic E-state index is 0.165. The van der Waals surface area contributed by atoms with Crippen molar-refractivity contribution in [2.45, 2.75) is 18.9 Å². The summed E-state index contributed by atoms with van der Waals surface area (Å²) in [6.45, 7) is -0.693. The van der Waals surface area contributed by atoms with Crippen LogP contribution in [0, 0.1) is 0 Å². The molecule has 1 atom stereocenters. The number of esters is 1. The summed E-state index contributed by atoms with van der Waals surface area (Å²) in [6, 6.07) is -2.19. The van der Waals surface area contributed by atoms with E-state index in [2.05, 4.69) is 10.1 Å². The number of imide groups is 1. The van der Waals surface area contributed by atoms with Gasteiger partial charge >= 0.3 is 18.0 Å². The normalized spacial score (nSPS) is 16.0. The maximum absolute atomic E-state index is 11.8. The number of carboxylic acid groups (broad SMARTS) is 1. The summed E-state index contributed by atoms with van der Waals surface area (Å²) in [5.41, 5.74) is 0. The van der Waals surface area contributed by atoms with Crippen molar-refractivity contribution in [2.75, 3.05) is 20.2 Å². The van der Waals surface area contributed by atoms with Crippen molar-refractivity contribution in [3.05, 3.63) is 0 Å². The van der Waals surface area contributed by atoms with E-state index >= 15 is 0 Å². The van der Waals surface area contributed by atoms with Crippen LogP contribution in [0.1, 0.15) is 12.8 Å². The molecule has 4 amide bonds. The van der Waals surface area contributed by atoms with E-state index in [-0.39, 0.29) is 25.9 Å². The Bertz CT molecular complexity index is 460. The lowest BCUT2D eigenvalue weighted by Crippen LogP contribution is -2.57. The molecule has 0 aromatic carbocycles. The summed E-state index contributed by atoms with van der Waals surface area (Å²) >= 11 is 0. The molecule has 10 heteroatoms. The Kier molecular flexibility index (Phi) is 5.64. The van der Waals surface area contributed by atoms with Crippen molar-refractivity contribution in [3.63, 3.8) is 0 Å². The molecule has 1 saturated heterocycles. The molecule has 0 spiro atoms. The third kappa shape index (κ3) is 5.09. The third-order valence-electron chi connectivity index (χ3n) is 2.70. The first-order valence-corrected chi connectivity index (χ1v) is 6.01. The number of carboxylic acids is 1. The minimum Gasteiger partial charge on any atom is -0.480 e. The summed E-state index contributed by atoms with van der Waals surface area (Å²) in [5.74, 6) is -3.24. The van der Waals surface area contributed by atoms with Gasteiger partial charge in [-0.15, -0.1) is 0 Å². The molecule has 21 heavy (non-hydrogen) atoms. The molecule has 3 N–H and O–H groups in total. The predicted molar refractivity (Wildman–Crippen MR) is 65.9 cm³/mol. The maximum Gasteiger partial charge on any atom is 0.326 e. The fourth-order valence-corrected chi connectivity index (χ4v) is 1.64. The second-order valence-electron chi connectivity index (χ2n) is 4.28. The SMILES string of the molecule is COC(=O)CC[C@@H](NC(=O)N1CC(=O)NC(=O)C1)C(=O)O. The number of urea groups is 1. The van der Waals surface area contributed by atoms with Crippen molar-refractivity contribution in [2.24, 2.45) is 0 Å². The van der Waals surface area contributed by atoms with Crippen molar-refractivity contribution in [3.8, 4) is 0 Å². The van der Waals surface area contributed by atoms with Gasteiger partial charge in [-0.25, -0.2) is 9.59 Å². The highest BCUT2D eigenvalue weighted by molar-refractivity contribution is 6.02. The highest BCUT2D eigenvalue weighted by Crippen LogP contribution is 2.02. The Morgan fingerprint density at radius 3 is 2.38 bits per heavy atom. The van der Waals surface area contributed by atoms with Crippen LogP contribution in [0.4, 0.5) is 4.79 Å². The van der Waals surface area contributed by atoms with E-state index in [0.29, 0.717) is 0 Å². The highest BCUT2D eigenvalue weighted by atomic mass is 16.5. The maximum atomic E-state index is 11.8. The van der Waals surface area contributed by atoms with E-state index in [1.165, 1.54) is 0 Å². The quantitative estimate of drug-likeness (QED) is 0.396. The summed E-state index contributed by atoms with van der Waals surface area (Å²) in [4.78, 5) is 57.0. The zero-order chi connectivity index (χ0) is 16.0. The molecule has 1 aliphatic heterocycles. The number of hydrogen-bond acceptors (Lipinski definition) is 6. The molecule has 1 heterocycles. The lowest BCUT2D eigenvalue weighted by molar-refractivity contribution is -0.142. The number of rotatable bonds is 5. The van der Waals surface area contributed by atoms with E-state index in [9.17, 15) is 24.0 Å². The fourth-order valence-electron chi connectivity index (χ4n) is 1.64. The molecule has 10 nitrogen and oxygen atoms in total. The van der Waals surface area contributed by atoms with Crippen molar-refractivity contribution in [1.82, 2.24) is 15.5 Å². The van der Waals surface area contributed by atoms with E-state index in [1.54, 1.807) is 0 Å². The van der Waals surface area contributed by atoms with Gasteiger partial charge < -0.3 is 20.1 Å². The van der Waals surface area contributed by atoms with Gasteiger partial charge in [-0.1, -0.05) is 0 Å². The van der Waals surface area contributed by atoms with Gasteiger partial charge in [0.15, 0.2) is 0 Å². The number of ether oxygens (including phenoxy) is 1. The van der Waals surface area contributed by atoms with Crippen LogP contribution in [0.5, 0.6) is 0 Å². The molecule has 0 saturated carbocycles. The predicted octanol–water partition coefficient (Wildman–Crippen LogP) is -1.94. The van der Waals surface area contributed by atoms with Crippen LogP contribution in [-0.4, -0.2) is 66.0 Å². The molecule has 0 aromatic heterocycles. The van der Waals surface area contributed by atoms with Crippen LogP contribution in [0.2, 0.25) is 0 Å². The number of piperazine rings is 1. The van der Waals surface area contributed by atoms with Crippen LogP contribution >= 0.6 is 0 Å². The van der Waals surface area contributed by atoms with Gasteiger partial charge in [0.1, 0.15) is 19.1 Å². The average Bonchev–Trinajstić information content (AvgIpc) is 2.41. The number of nitrogens with one attached hydrogen (secondary N) is 2. The van der Waals surface area contributed by atoms with Gasteiger partial charge in [0.25, 0.3) is 0 Å². The van der Waals surface area contributed by atoms with Crippen LogP contribution in [0.15, 0.2) is 0 Å². The smallest absolute Gasteiger partial charge is 0.326 e. The lowest BCUT2D eigenvalue weighted by Gasteiger charge is -2.27. The van der Waals surface area contributed by atoms with Crippen molar-refractivity contribution < 1.29 is 33.8 Å². The van der Waals surface area contributed by atoms with E-state index in [4.69, 9.17) is 5.11 Å². The molecular weight excluding hydrogens is 286 g/mol. The molecule has 0 unspecified atom stereocenters. The lowest BCUT2D eigenvalue weighted by atomic mass is 10.1. The van der Waals surface area contributed by atoms with Crippen molar-refractivity contribution >= 4 is 29.8 Å². The number of methoxy groups -OCH3 is 1. The van der Waals surface area contributed by atoms with Crippen LogP contribution in [-0.2, 0) is 23.9 Å². The standard InChI is InChI=1S/C11H15N3O7/c1-21-9(17)3-2-6(10(18)19)12-11(20)14-4-7(15)13-8(16)5-14/h6H,2-5H2,1H3,(H,12,20)(H,18,19)(H,13,15,16)/t6-/m1/s1. The van der Waals surface area contributed by atoms with E-state index < -0.39 is 35.8 Å². The Morgan fingerprint density at radius 1 is 1.33 bits per heavy atom. The third-order valence-corrected chi connectivity index (χ3v) is 2.70. The Labute approximate surface area is 119 Å². The molecule has 1 aliphatic rings. The van der Waals surface area contributed by atoms with Crippen LogP contribution in [0.3, 0.4) is 0 Å². The summed E-state index contributed by atoms with van der Waals surface area (Å²) < 4.78 is 4.38. The molecule has 1 rings (SSSR count). The average molecular weight is 301 g/mol. The number of nitrogens with zero attached hydrogens (tertiary/aromatic N) is 1. The second-order valence-corrected chi connectivity index (χ2v) is 4.28. The van der Waals surface area contributed by atoms with Gasteiger partial charge in [-0.2, -0.15) is 0 Å². The number of carbonyl (C=O) groups is 5. The van der Waals surface area contributed by atoms with Gasteiger partial charge in [0.2, 0.25) is 11.8 Å². The second kappa shape index (κ2) is 7.22. The number of carbonyl (C=O) groups excluding carboxylic acids is 4. The topological polar surface area (TPSA) is 142 Å². The molecule has 116 valence electrons. The summed E-state index contributed by atoms with van der Waals surface area (Å²) in [6.07, 6.45) is -0.352. The number of amides is 4. The highest BCUT2D eigenvalue weighted by Gasteiger charge is 2.29. The van der Waals surface area contributed by atoms with Crippen LogP contribution in [0.25, 0.3) is 0 Å². The van der Waals surface area contributed by atoms with Gasteiger partial charge in [-0.05, 0) is 6.42 Å². The minimum atomic E-state index is -1.33. The van der Waals surface area contributed by atoms with Gasteiger partial charge in [-0.3, -0.25) is 19.7 Å². The monoisotopic (exact) mass is 301 g/mol. The van der Waals surface area contributed by atoms with E-state index in [0.717, 1.165) is 12.0 Å². The Hall–Kier alpha value is -2.65. The zero-order valence-corrected chi connectivity index (χ0v) is 11.2. The first kappa shape index (κ1) is 16.4. The zero-order valence-electron chi connectivity index (χ0n) is 11.2. The number of aliphatic carboxylic acids is 1. The first-order chi connectivity index (χ1) is 9.83. The fraction of sp³-hybridized carbons (Fsp3) is 0.545. The Balaban J connectivity index is 2.59. The number of hydrogen-bond donors (Lipinski definition) is 3. The largest absolute Gasteiger partial charge is 0.480 e. The summed E-state index contributed by atoms with van der Waals surface area (Å²) in [7, 11) is 1.16. The van der Waals surface area contributed by atoms with E-state index in [1.807, 2.05) is 5.32 Å². The molecular formula is C11H15N3O7. The molecule has 1 fully saturated rings. The van der Waals surface area contributed by atoms with Crippen LogP contribution < -0.4 is 10.6 Å². The molecule has 0 aliphatic carbocycles. The molecule has 0 radical (unpaired) electrons. The first-order valence-electron chi connectivity index (χ1n) is 6.01. The molecule has 0 aromatic rings. The molecule has 0 bridgehead atoms. The summed E-state index contributed by atoms with van der Waals surface area (Å²) in [5, 5.41) is 13.1. The van der Waals surface area contributed by atoms with Crippen molar-refractivity contribution in [1.29, 1.82) is 0 Å². The Morgan fingerprint density at radius 2 is 1.90 bits per heavy atom. The van der Waals surface area contributed by atoms with Gasteiger partial charge in [0.05, 0.1) is 7.11 Å². The van der Waals surface area contributed by atoms with Gasteiger partial charge in [0, 0.05) is 6.42 Å².